The zero-order valence-electron chi connectivity index (χ0n) is 5.71. The highest BCUT2D eigenvalue weighted by Gasteiger charge is 2.26. The van der Waals surface area contributed by atoms with Gasteiger partial charge in [0.05, 0.1) is 0 Å². The third-order valence-electron chi connectivity index (χ3n) is 0.836. The lowest BCUT2D eigenvalue weighted by atomic mass is 10.3. The molecule has 3 nitrogen and oxygen atoms in total. The Morgan fingerprint density at radius 2 is 1.90 bits per heavy atom. The van der Waals surface area contributed by atoms with Crippen molar-refractivity contribution in [1.29, 1.82) is 0 Å². The topological polar surface area (TPSA) is 46.2 Å². The first kappa shape index (κ1) is 9.84. The Kier molecular flexibility index (Phi) is 3.24. The van der Waals surface area contributed by atoms with E-state index in [-0.39, 0.29) is 5.91 Å². The van der Waals surface area contributed by atoms with Gasteiger partial charge >= 0.3 is 0 Å². The van der Waals surface area contributed by atoms with Crippen LogP contribution in [0.3, 0.4) is 0 Å². The lowest BCUT2D eigenvalue weighted by molar-refractivity contribution is -0.123. The van der Waals surface area contributed by atoms with Gasteiger partial charge in [0, 0.05) is 6.92 Å². The Balaban J connectivity index is 4.13. The first-order chi connectivity index (χ1) is 4.36. The molecule has 0 aliphatic heterocycles. The van der Waals surface area contributed by atoms with Gasteiger partial charge in [-0.3, -0.25) is 9.59 Å². The largest absolute Gasteiger partial charge is 0.335 e. The van der Waals surface area contributed by atoms with E-state index in [0.717, 1.165) is 0 Å². The fourth-order valence-electron chi connectivity index (χ4n) is 0.396. The fraction of sp³-hybridized carbons (Fsp3) is 0.600. The van der Waals surface area contributed by atoms with Crippen LogP contribution in [0.2, 0.25) is 0 Å². The van der Waals surface area contributed by atoms with Crippen molar-refractivity contribution in [2.75, 3.05) is 0 Å². The Morgan fingerprint density at radius 1 is 1.50 bits per heavy atom. The van der Waals surface area contributed by atoms with Crippen molar-refractivity contribution in [3.63, 3.8) is 0 Å². The minimum atomic E-state index is -1.16. The molecule has 1 amide bonds. The second-order valence-corrected chi connectivity index (χ2v) is 3.36. The minimum Gasteiger partial charge on any atom is -0.335 e. The van der Waals surface area contributed by atoms with Gasteiger partial charge in [-0.15, -0.1) is 25.3 Å². The molecule has 0 saturated heterocycles. The molecule has 0 spiro atoms. The molecular formula is C5H9NO2S2. The summed E-state index contributed by atoms with van der Waals surface area (Å²) in [6.07, 6.45) is 0. The van der Waals surface area contributed by atoms with E-state index in [2.05, 4.69) is 30.6 Å². The second kappa shape index (κ2) is 3.30. The van der Waals surface area contributed by atoms with Crippen LogP contribution < -0.4 is 5.32 Å². The molecule has 0 aliphatic rings. The normalized spacial score (nSPS) is 15.6. The third-order valence-corrected chi connectivity index (χ3v) is 1.77. The lowest BCUT2D eigenvalue weighted by Crippen LogP contribution is -2.44. The molecule has 0 aromatic carbocycles. The van der Waals surface area contributed by atoms with Crippen LogP contribution in [0, 0.1) is 0 Å². The fourth-order valence-corrected chi connectivity index (χ4v) is 0.610. The van der Waals surface area contributed by atoms with Crippen LogP contribution in [0.5, 0.6) is 0 Å². The summed E-state index contributed by atoms with van der Waals surface area (Å²) in [7, 11) is 0. The summed E-state index contributed by atoms with van der Waals surface area (Å²) >= 11 is 7.39. The van der Waals surface area contributed by atoms with Gasteiger partial charge in [0.2, 0.25) is 11.0 Å². The van der Waals surface area contributed by atoms with Crippen LogP contribution >= 0.6 is 25.3 Å². The second-order valence-electron chi connectivity index (χ2n) is 2.06. The highest BCUT2D eigenvalue weighted by Crippen LogP contribution is 2.12. The zero-order chi connectivity index (χ0) is 8.36. The van der Waals surface area contributed by atoms with Crippen molar-refractivity contribution in [3.05, 3.63) is 0 Å². The summed E-state index contributed by atoms with van der Waals surface area (Å²) in [5.74, 6) is -0.306. The van der Waals surface area contributed by atoms with Crippen molar-refractivity contribution < 1.29 is 9.59 Å². The maximum atomic E-state index is 10.6. The van der Waals surface area contributed by atoms with E-state index in [9.17, 15) is 9.59 Å². The molecule has 0 radical (unpaired) electrons. The van der Waals surface area contributed by atoms with Crippen molar-refractivity contribution in [1.82, 2.24) is 5.32 Å². The first-order valence-electron chi connectivity index (χ1n) is 2.61. The molecule has 10 heavy (non-hydrogen) atoms. The molecule has 5 heteroatoms. The molecule has 1 atom stereocenters. The molecule has 0 fully saturated rings. The molecule has 1 N–H and O–H groups in total. The highest BCUT2D eigenvalue weighted by atomic mass is 32.1. The van der Waals surface area contributed by atoms with Gasteiger partial charge < -0.3 is 5.32 Å². The van der Waals surface area contributed by atoms with E-state index >= 15 is 0 Å². The van der Waals surface area contributed by atoms with Crippen molar-refractivity contribution in [3.8, 4) is 0 Å². The van der Waals surface area contributed by atoms with Crippen LogP contribution in [0.1, 0.15) is 13.8 Å². The van der Waals surface area contributed by atoms with E-state index in [4.69, 9.17) is 0 Å². The number of amides is 1. The van der Waals surface area contributed by atoms with E-state index in [1.54, 1.807) is 0 Å². The van der Waals surface area contributed by atoms with Crippen LogP contribution in [-0.4, -0.2) is 15.9 Å². The number of hydrogen-bond acceptors (Lipinski definition) is 3. The smallest absolute Gasteiger partial charge is 0.221 e. The summed E-state index contributed by atoms with van der Waals surface area (Å²) in [6, 6.07) is 0. The van der Waals surface area contributed by atoms with E-state index in [1.807, 2.05) is 0 Å². The van der Waals surface area contributed by atoms with Gasteiger partial charge in [0.15, 0.2) is 0 Å². The van der Waals surface area contributed by atoms with Crippen LogP contribution in [0.4, 0.5) is 0 Å². The van der Waals surface area contributed by atoms with Crippen LogP contribution in [-0.2, 0) is 9.59 Å². The number of hydrogen-bond donors (Lipinski definition) is 3. The van der Waals surface area contributed by atoms with Gasteiger partial charge in [-0.1, -0.05) is 0 Å². The lowest BCUT2D eigenvalue weighted by Gasteiger charge is -2.19. The summed E-state index contributed by atoms with van der Waals surface area (Å²) in [6.45, 7) is 2.78. The molecule has 0 rings (SSSR count). The standard InChI is InChI=1S/C5H9NO2S2/c1-3(7)6-5(2,10)4(8)9/h10H,1-2H3,(H,6,7)(H,8,9). The quantitative estimate of drug-likeness (QED) is 0.419. The average molecular weight is 179 g/mol. The Labute approximate surface area is 70.4 Å². The van der Waals surface area contributed by atoms with E-state index < -0.39 is 9.99 Å². The Bertz CT molecular complexity index is 167. The molecule has 1 unspecified atom stereocenters. The predicted octanol–water partition coefficient (Wildman–Crippen LogP) is 0.225. The van der Waals surface area contributed by atoms with E-state index in [1.165, 1.54) is 13.8 Å². The predicted molar refractivity (Wildman–Crippen MR) is 45.2 cm³/mol. The minimum absolute atomic E-state index is 0.306. The van der Waals surface area contributed by atoms with Gasteiger partial charge in [-0.25, -0.2) is 0 Å². The Morgan fingerprint density at radius 3 is 2.00 bits per heavy atom. The average Bonchev–Trinajstić information content (AvgIpc) is 1.60. The number of rotatable bonds is 2. The number of thiol groups is 2. The number of nitrogens with one attached hydrogen (secondary N) is 1. The van der Waals surface area contributed by atoms with Gasteiger partial charge in [-0.2, -0.15) is 0 Å². The number of carbonyl (C=O) groups is 2. The van der Waals surface area contributed by atoms with Crippen LogP contribution in [0.15, 0.2) is 0 Å². The molecule has 58 valence electrons. The molecular weight excluding hydrogens is 170 g/mol. The maximum absolute atomic E-state index is 10.6. The molecule has 0 bridgehead atoms. The molecule has 0 aromatic heterocycles. The summed E-state index contributed by atoms with van der Waals surface area (Å²) in [5.41, 5.74) is 0. The van der Waals surface area contributed by atoms with Crippen LogP contribution in [0.25, 0.3) is 0 Å². The molecule has 0 saturated carbocycles. The molecule has 0 aromatic rings. The van der Waals surface area contributed by atoms with E-state index in [0.29, 0.717) is 0 Å². The van der Waals surface area contributed by atoms with Crippen molar-refractivity contribution in [2.24, 2.45) is 0 Å². The molecule has 0 heterocycles. The van der Waals surface area contributed by atoms with Crippen molar-refractivity contribution >= 4 is 36.3 Å². The molecule has 0 aliphatic carbocycles. The maximum Gasteiger partial charge on any atom is 0.221 e. The van der Waals surface area contributed by atoms with Gasteiger partial charge in [-0.05, 0) is 6.92 Å². The summed E-state index contributed by atoms with van der Waals surface area (Å²) < 4.78 is 0. The third kappa shape index (κ3) is 3.12. The monoisotopic (exact) mass is 179 g/mol. The SMILES string of the molecule is CC(=O)NC(C)(S)C(=O)S. The summed E-state index contributed by atoms with van der Waals surface area (Å²) in [5, 5.41) is 1.84. The van der Waals surface area contributed by atoms with Gasteiger partial charge in [0.1, 0.15) is 4.87 Å². The number of carbonyl (C=O) groups excluding carboxylic acids is 2. The summed E-state index contributed by atoms with van der Waals surface area (Å²) in [4.78, 5) is 19.8. The Hall–Kier alpha value is -0.160. The highest BCUT2D eigenvalue weighted by molar-refractivity contribution is 7.99. The van der Waals surface area contributed by atoms with Crippen molar-refractivity contribution in [2.45, 2.75) is 18.7 Å². The zero-order valence-corrected chi connectivity index (χ0v) is 7.50. The van der Waals surface area contributed by atoms with Gasteiger partial charge in [0.25, 0.3) is 0 Å². The first-order valence-corrected chi connectivity index (χ1v) is 3.50.